The van der Waals surface area contributed by atoms with Crippen LogP contribution in [0.5, 0.6) is 5.75 Å². The maximum Gasteiger partial charge on any atom is 0.494 e. The third-order valence-electron chi connectivity index (χ3n) is 7.68. The average molecular weight is 551 g/mol. The summed E-state index contributed by atoms with van der Waals surface area (Å²) in [5.41, 5.74) is 1.14. The molecule has 2 aromatic rings. The molecule has 9 heteroatoms. The van der Waals surface area contributed by atoms with Crippen LogP contribution in [0.2, 0.25) is 0 Å². The van der Waals surface area contributed by atoms with Gasteiger partial charge in [0.2, 0.25) is 5.91 Å². The Labute approximate surface area is 238 Å². The number of hydrogen-bond acceptors (Lipinski definition) is 6. The molecule has 2 fully saturated rings. The molecule has 2 aliphatic rings. The Morgan fingerprint density at radius 2 is 1.73 bits per heavy atom. The predicted octanol–water partition coefficient (Wildman–Crippen LogP) is 4.62. The second kappa shape index (κ2) is 11.8. The number of nitrogens with zero attached hydrogens (tertiary/aromatic N) is 1. The minimum Gasteiger partial charge on any atom is -0.489 e. The van der Waals surface area contributed by atoms with Crippen LogP contribution in [0.3, 0.4) is 0 Å². The van der Waals surface area contributed by atoms with Gasteiger partial charge in [0.1, 0.15) is 18.0 Å². The van der Waals surface area contributed by atoms with Crippen LogP contribution in [0.25, 0.3) is 0 Å². The quantitative estimate of drug-likeness (QED) is 0.507. The number of amides is 2. The van der Waals surface area contributed by atoms with Crippen molar-refractivity contribution in [2.24, 2.45) is 0 Å². The number of ether oxygens (including phenoxy) is 2. The molecule has 2 aromatic carbocycles. The summed E-state index contributed by atoms with van der Waals surface area (Å²) in [6.07, 6.45) is 1.30. The van der Waals surface area contributed by atoms with E-state index in [2.05, 4.69) is 5.32 Å². The Morgan fingerprint density at radius 3 is 2.38 bits per heavy atom. The Hall–Kier alpha value is -3.04. The number of hydrogen-bond donors (Lipinski definition) is 1. The highest BCUT2D eigenvalue weighted by Crippen LogP contribution is 2.37. The van der Waals surface area contributed by atoms with E-state index in [9.17, 15) is 9.59 Å². The van der Waals surface area contributed by atoms with E-state index in [0.717, 1.165) is 29.4 Å². The van der Waals surface area contributed by atoms with Crippen LogP contribution in [0.1, 0.15) is 72.4 Å². The minimum absolute atomic E-state index is 0.0219. The summed E-state index contributed by atoms with van der Waals surface area (Å²) >= 11 is 0. The molecule has 0 spiro atoms. The van der Waals surface area contributed by atoms with Gasteiger partial charge in [-0.05, 0) is 78.4 Å². The zero-order valence-corrected chi connectivity index (χ0v) is 24.9. The van der Waals surface area contributed by atoms with E-state index in [1.807, 2.05) is 102 Å². The van der Waals surface area contributed by atoms with Crippen LogP contribution in [-0.2, 0) is 31.9 Å². The third kappa shape index (κ3) is 7.58. The van der Waals surface area contributed by atoms with Crippen molar-refractivity contribution in [3.05, 3.63) is 59.7 Å². The Balaban J connectivity index is 1.50. The summed E-state index contributed by atoms with van der Waals surface area (Å²) < 4.78 is 24.2. The molecule has 2 saturated heterocycles. The van der Waals surface area contributed by atoms with Crippen molar-refractivity contribution in [2.45, 2.75) is 97.2 Å². The van der Waals surface area contributed by atoms with Crippen molar-refractivity contribution in [3.63, 3.8) is 0 Å². The molecule has 2 amide bonds. The van der Waals surface area contributed by atoms with Crippen molar-refractivity contribution in [1.82, 2.24) is 10.2 Å². The lowest BCUT2D eigenvalue weighted by molar-refractivity contribution is -0.131. The summed E-state index contributed by atoms with van der Waals surface area (Å²) in [5.74, 6) is 0.629. The minimum atomic E-state index is -0.577. The normalized spacial score (nSPS) is 20.2. The summed E-state index contributed by atoms with van der Waals surface area (Å²) in [6, 6.07) is 15.6. The molecule has 0 aliphatic carbocycles. The predicted molar refractivity (Wildman–Crippen MR) is 156 cm³/mol. The summed E-state index contributed by atoms with van der Waals surface area (Å²) in [7, 11) is -0.542. The van der Waals surface area contributed by atoms with Crippen LogP contribution in [-0.4, -0.2) is 60.0 Å². The van der Waals surface area contributed by atoms with E-state index in [0.29, 0.717) is 25.4 Å². The molecule has 0 radical (unpaired) electrons. The van der Waals surface area contributed by atoms with Gasteiger partial charge >= 0.3 is 13.2 Å². The molecule has 2 heterocycles. The van der Waals surface area contributed by atoms with Gasteiger partial charge in [-0.3, -0.25) is 4.79 Å². The van der Waals surface area contributed by atoms with E-state index in [4.69, 9.17) is 18.8 Å². The fraction of sp³-hybridized carbons (Fsp3) is 0.548. The van der Waals surface area contributed by atoms with Crippen molar-refractivity contribution in [1.29, 1.82) is 0 Å². The molecule has 1 N–H and O–H groups in total. The maximum absolute atomic E-state index is 13.6. The van der Waals surface area contributed by atoms with Crippen molar-refractivity contribution >= 4 is 24.6 Å². The third-order valence-corrected chi connectivity index (χ3v) is 7.68. The van der Waals surface area contributed by atoms with Crippen LogP contribution >= 0.6 is 0 Å². The topological polar surface area (TPSA) is 86.3 Å². The highest BCUT2D eigenvalue weighted by Gasteiger charge is 2.51. The first kappa shape index (κ1) is 29.9. The number of carbonyl (C=O) groups is 2. The van der Waals surface area contributed by atoms with Gasteiger partial charge < -0.3 is 29.0 Å². The van der Waals surface area contributed by atoms with Gasteiger partial charge in [-0.1, -0.05) is 42.5 Å². The van der Waals surface area contributed by atoms with Crippen molar-refractivity contribution < 1.29 is 28.4 Å². The van der Waals surface area contributed by atoms with Gasteiger partial charge in [0.15, 0.2) is 0 Å². The molecule has 0 bridgehead atoms. The van der Waals surface area contributed by atoms with Crippen LogP contribution in [0, 0.1) is 0 Å². The second-order valence-electron chi connectivity index (χ2n) is 12.7. The van der Waals surface area contributed by atoms with E-state index in [1.54, 1.807) is 0 Å². The molecule has 4 rings (SSSR count). The SMILES string of the molecule is CC(C)(C)OC(=O)N[C@H]1CCCN(C(=O)Cc2cc(B3OC(C)(C)C(C)(C)O3)ccc2OCc2ccccc2)C1. The van der Waals surface area contributed by atoms with E-state index < -0.39 is 30.0 Å². The van der Waals surface area contributed by atoms with E-state index in [-0.39, 0.29) is 18.4 Å². The number of alkyl carbamates (subject to hydrolysis) is 1. The molecule has 0 aromatic heterocycles. The second-order valence-corrected chi connectivity index (χ2v) is 12.7. The Morgan fingerprint density at radius 1 is 1.05 bits per heavy atom. The van der Waals surface area contributed by atoms with Gasteiger partial charge in [-0.25, -0.2) is 4.79 Å². The Bertz CT molecular complexity index is 1180. The van der Waals surface area contributed by atoms with Gasteiger partial charge in [0.25, 0.3) is 0 Å². The zero-order chi connectivity index (χ0) is 29.1. The lowest BCUT2D eigenvalue weighted by Gasteiger charge is -2.34. The summed E-state index contributed by atoms with van der Waals surface area (Å²) in [4.78, 5) is 27.7. The lowest BCUT2D eigenvalue weighted by atomic mass is 9.78. The average Bonchev–Trinajstić information content (AvgIpc) is 3.09. The van der Waals surface area contributed by atoms with Gasteiger partial charge in [-0.15, -0.1) is 0 Å². The van der Waals surface area contributed by atoms with Gasteiger partial charge in [0, 0.05) is 24.7 Å². The molecule has 0 saturated carbocycles. The highest BCUT2D eigenvalue weighted by atomic mass is 16.7. The molecular weight excluding hydrogens is 507 g/mol. The summed E-state index contributed by atoms with van der Waals surface area (Å²) in [6.45, 7) is 15.1. The van der Waals surface area contributed by atoms with Crippen molar-refractivity contribution in [3.8, 4) is 5.75 Å². The molecule has 8 nitrogen and oxygen atoms in total. The number of benzene rings is 2. The molecule has 2 aliphatic heterocycles. The number of carbonyl (C=O) groups excluding carboxylic acids is 2. The molecule has 1 atom stereocenters. The highest BCUT2D eigenvalue weighted by molar-refractivity contribution is 6.62. The molecular formula is C31H43BN2O6. The van der Waals surface area contributed by atoms with E-state index >= 15 is 0 Å². The smallest absolute Gasteiger partial charge is 0.489 e. The van der Waals surface area contributed by atoms with Crippen molar-refractivity contribution in [2.75, 3.05) is 13.1 Å². The van der Waals surface area contributed by atoms with Crippen LogP contribution in [0.4, 0.5) is 4.79 Å². The Kier molecular flexibility index (Phi) is 8.85. The number of nitrogens with one attached hydrogen (secondary N) is 1. The first-order valence-corrected chi connectivity index (χ1v) is 14.1. The maximum atomic E-state index is 13.6. The summed E-state index contributed by atoms with van der Waals surface area (Å²) in [5, 5.41) is 2.92. The van der Waals surface area contributed by atoms with Crippen LogP contribution in [0.15, 0.2) is 48.5 Å². The lowest BCUT2D eigenvalue weighted by Crippen LogP contribution is -2.50. The largest absolute Gasteiger partial charge is 0.494 e. The number of likely N-dealkylation sites (tertiary alicyclic amines) is 1. The molecule has 216 valence electrons. The van der Waals surface area contributed by atoms with Crippen LogP contribution < -0.4 is 15.5 Å². The monoisotopic (exact) mass is 550 g/mol. The molecule has 40 heavy (non-hydrogen) atoms. The van der Waals surface area contributed by atoms with E-state index in [1.165, 1.54) is 0 Å². The fourth-order valence-electron chi connectivity index (χ4n) is 4.81. The first-order valence-electron chi connectivity index (χ1n) is 14.1. The zero-order valence-electron chi connectivity index (χ0n) is 24.9. The van der Waals surface area contributed by atoms with Gasteiger partial charge in [0.05, 0.1) is 17.6 Å². The van der Waals surface area contributed by atoms with Gasteiger partial charge in [-0.2, -0.15) is 0 Å². The first-order chi connectivity index (χ1) is 18.7. The fourth-order valence-corrected chi connectivity index (χ4v) is 4.81. The number of piperidine rings is 1. The number of rotatable bonds is 7. The standard InChI is InChI=1S/C31H43BN2O6/c1-29(2,3)38-28(36)33-25-14-11-17-34(20-25)27(35)19-23-18-24(32-39-30(4,5)31(6,7)40-32)15-16-26(23)37-21-22-12-9-8-10-13-22/h8-10,12-13,15-16,18,25H,11,14,17,19-21H2,1-7H3,(H,33,36)/t25-/m0/s1. The molecule has 0 unspecified atom stereocenters.